The quantitative estimate of drug-likeness (QED) is 0.212. The molecule has 0 aliphatic heterocycles. The fourth-order valence-electron chi connectivity index (χ4n) is 2.77. The number of halogens is 1. The summed E-state index contributed by atoms with van der Waals surface area (Å²) in [6.45, 7) is 3.97. The van der Waals surface area contributed by atoms with Gasteiger partial charge in [-0.2, -0.15) is 5.10 Å². The van der Waals surface area contributed by atoms with Gasteiger partial charge in [-0.3, -0.25) is 4.79 Å². The molecule has 170 valence electrons. The number of hydrogen-bond donors (Lipinski definition) is 1. The van der Waals surface area contributed by atoms with Gasteiger partial charge in [0.25, 0.3) is 5.91 Å². The first-order chi connectivity index (χ1) is 15.9. The number of hydrogen-bond acceptors (Lipinski definition) is 6. The summed E-state index contributed by atoms with van der Waals surface area (Å²) in [5.74, 6) is 0.322. The zero-order valence-corrected chi connectivity index (χ0v) is 19.0. The molecule has 3 aromatic carbocycles. The van der Waals surface area contributed by atoms with Crippen molar-refractivity contribution in [3.63, 3.8) is 0 Å². The van der Waals surface area contributed by atoms with Crippen LogP contribution in [0.15, 0.2) is 71.8 Å². The number of ether oxygens (including phenoxy) is 3. The molecule has 0 atom stereocenters. The highest BCUT2D eigenvalue weighted by Gasteiger charge is 2.13. The first kappa shape index (κ1) is 23.8. The number of benzene rings is 3. The average Bonchev–Trinajstić information content (AvgIpc) is 2.80. The maximum Gasteiger partial charge on any atom is 0.343 e. The van der Waals surface area contributed by atoms with Crippen LogP contribution in [0.4, 0.5) is 0 Å². The summed E-state index contributed by atoms with van der Waals surface area (Å²) in [5, 5.41) is 4.47. The van der Waals surface area contributed by atoms with Crippen molar-refractivity contribution in [1.82, 2.24) is 5.43 Å². The number of carbonyl (C=O) groups excluding carboxylic acids is 2. The van der Waals surface area contributed by atoms with E-state index in [-0.39, 0.29) is 12.4 Å². The lowest BCUT2D eigenvalue weighted by Gasteiger charge is -2.11. The van der Waals surface area contributed by atoms with Crippen molar-refractivity contribution >= 4 is 29.7 Å². The predicted molar refractivity (Wildman–Crippen MR) is 126 cm³/mol. The molecule has 0 aliphatic carbocycles. The van der Waals surface area contributed by atoms with E-state index in [4.69, 9.17) is 25.8 Å². The molecule has 0 saturated carbocycles. The summed E-state index contributed by atoms with van der Waals surface area (Å²) < 4.78 is 16.5. The molecular weight excluding hydrogens is 444 g/mol. The van der Waals surface area contributed by atoms with Crippen LogP contribution < -0.4 is 19.6 Å². The van der Waals surface area contributed by atoms with Crippen LogP contribution in [-0.4, -0.2) is 31.3 Å². The van der Waals surface area contributed by atoms with Crippen LogP contribution in [-0.2, 0) is 4.79 Å². The maximum absolute atomic E-state index is 12.4. The number of aryl methyl sites for hydroxylation is 1. The Bertz CT molecular complexity index is 1150. The number of nitrogens with one attached hydrogen (secondary N) is 1. The number of hydrazone groups is 1. The van der Waals surface area contributed by atoms with E-state index in [0.29, 0.717) is 34.3 Å². The second-order valence-corrected chi connectivity index (χ2v) is 7.37. The fraction of sp³-hybridized carbons (Fsp3) is 0.160. The van der Waals surface area contributed by atoms with E-state index >= 15 is 0 Å². The standard InChI is InChI=1S/C25H23ClN2O5/c1-3-31-23-14-18(7-12-22(23)33-25(30)19-8-10-20(26)11-9-19)15-27-28-24(29)16-32-21-6-4-5-17(2)13-21/h4-15H,3,16H2,1-2H3,(H,28,29)/b27-15-. The first-order valence-corrected chi connectivity index (χ1v) is 10.6. The summed E-state index contributed by atoms with van der Waals surface area (Å²) in [4.78, 5) is 24.3. The summed E-state index contributed by atoms with van der Waals surface area (Å²) in [5.41, 5.74) is 4.46. The lowest BCUT2D eigenvalue weighted by molar-refractivity contribution is -0.123. The minimum Gasteiger partial charge on any atom is -0.490 e. The molecule has 0 fully saturated rings. The molecule has 0 spiro atoms. The molecule has 0 unspecified atom stereocenters. The van der Waals surface area contributed by atoms with Crippen molar-refractivity contribution in [1.29, 1.82) is 0 Å². The van der Waals surface area contributed by atoms with Crippen molar-refractivity contribution in [3.8, 4) is 17.2 Å². The molecule has 1 amide bonds. The Labute approximate surface area is 196 Å². The minimum atomic E-state index is -0.532. The van der Waals surface area contributed by atoms with Gasteiger partial charge in [0.1, 0.15) is 5.75 Å². The molecule has 3 aromatic rings. The summed E-state index contributed by atoms with van der Waals surface area (Å²) in [6.07, 6.45) is 1.46. The van der Waals surface area contributed by atoms with Crippen LogP contribution in [0, 0.1) is 6.92 Å². The first-order valence-electron chi connectivity index (χ1n) is 10.2. The van der Waals surface area contributed by atoms with Gasteiger partial charge in [0.05, 0.1) is 18.4 Å². The Morgan fingerprint density at radius 2 is 1.79 bits per heavy atom. The highest BCUT2D eigenvalue weighted by atomic mass is 35.5. The van der Waals surface area contributed by atoms with Gasteiger partial charge in [-0.25, -0.2) is 10.2 Å². The van der Waals surface area contributed by atoms with Gasteiger partial charge in [-0.1, -0.05) is 23.7 Å². The maximum atomic E-state index is 12.4. The number of esters is 1. The molecular formula is C25H23ClN2O5. The third kappa shape index (κ3) is 7.36. The molecule has 3 rings (SSSR count). The zero-order chi connectivity index (χ0) is 23.6. The van der Waals surface area contributed by atoms with Gasteiger partial charge in [-0.05, 0) is 79.6 Å². The lowest BCUT2D eigenvalue weighted by atomic mass is 10.2. The van der Waals surface area contributed by atoms with E-state index in [9.17, 15) is 9.59 Å². The molecule has 0 aliphatic rings. The molecule has 1 N–H and O–H groups in total. The van der Waals surface area contributed by atoms with Gasteiger partial charge in [0.15, 0.2) is 18.1 Å². The molecule has 0 aromatic heterocycles. The van der Waals surface area contributed by atoms with Gasteiger partial charge in [0.2, 0.25) is 0 Å². The molecule has 8 heteroatoms. The van der Waals surface area contributed by atoms with Crippen molar-refractivity contribution in [2.75, 3.05) is 13.2 Å². The third-order valence-corrected chi connectivity index (χ3v) is 4.56. The Hall–Kier alpha value is -3.84. The molecule has 0 saturated heterocycles. The van der Waals surface area contributed by atoms with Crippen LogP contribution in [0.2, 0.25) is 5.02 Å². The lowest BCUT2D eigenvalue weighted by Crippen LogP contribution is -2.24. The van der Waals surface area contributed by atoms with Crippen LogP contribution >= 0.6 is 11.6 Å². The molecule has 0 heterocycles. The monoisotopic (exact) mass is 466 g/mol. The summed E-state index contributed by atoms with van der Waals surface area (Å²) >= 11 is 5.86. The average molecular weight is 467 g/mol. The number of carbonyl (C=O) groups is 2. The van der Waals surface area contributed by atoms with E-state index < -0.39 is 11.9 Å². The normalized spacial score (nSPS) is 10.6. The second-order valence-electron chi connectivity index (χ2n) is 6.93. The highest BCUT2D eigenvalue weighted by Crippen LogP contribution is 2.29. The number of rotatable bonds is 9. The fourth-order valence-corrected chi connectivity index (χ4v) is 2.89. The molecule has 7 nitrogen and oxygen atoms in total. The van der Waals surface area contributed by atoms with E-state index in [0.717, 1.165) is 5.56 Å². The third-order valence-electron chi connectivity index (χ3n) is 4.31. The van der Waals surface area contributed by atoms with Crippen molar-refractivity contribution in [3.05, 3.63) is 88.4 Å². The van der Waals surface area contributed by atoms with Gasteiger partial charge >= 0.3 is 5.97 Å². The van der Waals surface area contributed by atoms with E-state index in [1.165, 1.54) is 6.21 Å². The number of amides is 1. The van der Waals surface area contributed by atoms with Crippen LogP contribution in [0.1, 0.15) is 28.4 Å². The topological polar surface area (TPSA) is 86.2 Å². The van der Waals surface area contributed by atoms with Gasteiger partial charge in [0, 0.05) is 5.02 Å². The second kappa shape index (κ2) is 11.7. The Balaban J connectivity index is 1.59. The van der Waals surface area contributed by atoms with Crippen molar-refractivity contribution in [2.45, 2.75) is 13.8 Å². The van der Waals surface area contributed by atoms with Crippen molar-refractivity contribution in [2.24, 2.45) is 5.10 Å². The summed E-state index contributed by atoms with van der Waals surface area (Å²) in [6, 6.07) is 18.7. The Morgan fingerprint density at radius 3 is 2.52 bits per heavy atom. The smallest absolute Gasteiger partial charge is 0.343 e. The van der Waals surface area contributed by atoms with Gasteiger partial charge in [-0.15, -0.1) is 0 Å². The minimum absolute atomic E-state index is 0.162. The van der Waals surface area contributed by atoms with Crippen LogP contribution in [0.25, 0.3) is 0 Å². The van der Waals surface area contributed by atoms with E-state index in [1.54, 1.807) is 48.5 Å². The molecule has 0 bridgehead atoms. The Kier molecular flexibility index (Phi) is 8.43. The number of nitrogens with zero attached hydrogens (tertiary/aromatic N) is 1. The predicted octanol–water partition coefficient (Wildman–Crippen LogP) is 4.80. The van der Waals surface area contributed by atoms with Crippen LogP contribution in [0.3, 0.4) is 0 Å². The zero-order valence-electron chi connectivity index (χ0n) is 18.2. The largest absolute Gasteiger partial charge is 0.490 e. The Morgan fingerprint density at radius 1 is 1.00 bits per heavy atom. The van der Waals surface area contributed by atoms with Crippen LogP contribution in [0.5, 0.6) is 17.2 Å². The molecule has 33 heavy (non-hydrogen) atoms. The summed E-state index contributed by atoms with van der Waals surface area (Å²) in [7, 11) is 0. The molecule has 0 radical (unpaired) electrons. The van der Waals surface area contributed by atoms with E-state index in [2.05, 4.69) is 10.5 Å². The van der Waals surface area contributed by atoms with Crippen molar-refractivity contribution < 1.29 is 23.8 Å². The highest BCUT2D eigenvalue weighted by molar-refractivity contribution is 6.30. The van der Waals surface area contributed by atoms with Gasteiger partial charge < -0.3 is 14.2 Å². The van der Waals surface area contributed by atoms with E-state index in [1.807, 2.05) is 32.0 Å². The SMILES string of the molecule is CCOc1cc(/C=N\NC(=O)COc2cccc(C)c2)ccc1OC(=O)c1ccc(Cl)cc1.